The summed E-state index contributed by atoms with van der Waals surface area (Å²) in [6.07, 6.45) is 7.04. The molecule has 0 bridgehead atoms. The van der Waals surface area contributed by atoms with Gasteiger partial charge in [-0.05, 0) is 68.9 Å². The van der Waals surface area contributed by atoms with E-state index in [0.717, 1.165) is 34.5 Å². The maximum absolute atomic E-state index is 12.6. The number of aryl methyl sites for hydroxylation is 1. The number of nitrogens with one attached hydrogen (secondary N) is 3. The Balaban J connectivity index is 1.36. The van der Waals surface area contributed by atoms with Crippen molar-refractivity contribution < 1.29 is 14.4 Å². The third-order valence-electron chi connectivity index (χ3n) is 6.02. The van der Waals surface area contributed by atoms with Gasteiger partial charge in [0.05, 0.1) is 19.3 Å². The molecule has 1 heterocycles. The lowest BCUT2D eigenvalue weighted by Gasteiger charge is -2.20. The van der Waals surface area contributed by atoms with Crippen LogP contribution < -0.4 is 27.4 Å². The quantitative estimate of drug-likeness (QED) is 0.138. The summed E-state index contributed by atoms with van der Waals surface area (Å²) in [5, 5.41) is 18.0. The Morgan fingerprint density at radius 3 is 2.16 bits per heavy atom. The van der Waals surface area contributed by atoms with Crippen molar-refractivity contribution in [2.75, 3.05) is 5.32 Å². The number of hydrogen-bond acceptors (Lipinski definition) is 8. The standard InChI is InChI=1S/C32H41N7O3S/c1-32(2,3)37-29(42)21-24-13-9-12-23(18-24)20-28(41)36-31-39-38-30(43-31)15-8-7-14-25(33)16-17-26(34)35-27(40)19-22-10-5-4-6-11-22/h4-6,9-13,16-18H,7-8,14-15,19-21,33-34H2,1-3H3,(H,35,40)(H,37,42)(H,36,39,41)/b25-16-,26-17+. The highest BCUT2D eigenvalue weighted by atomic mass is 32.1. The predicted octanol–water partition coefficient (Wildman–Crippen LogP) is 3.89. The molecule has 0 saturated carbocycles. The Kier molecular flexibility index (Phi) is 12.4. The van der Waals surface area contributed by atoms with E-state index in [-0.39, 0.29) is 48.3 Å². The fourth-order valence-electron chi connectivity index (χ4n) is 4.17. The molecule has 43 heavy (non-hydrogen) atoms. The smallest absolute Gasteiger partial charge is 0.230 e. The fraction of sp³-hybridized carbons (Fsp3) is 0.344. The zero-order valence-corrected chi connectivity index (χ0v) is 25.8. The molecule has 0 saturated heterocycles. The van der Waals surface area contributed by atoms with E-state index >= 15 is 0 Å². The number of hydrogen-bond donors (Lipinski definition) is 5. The van der Waals surface area contributed by atoms with Crippen LogP contribution in [0.1, 0.15) is 61.7 Å². The summed E-state index contributed by atoms with van der Waals surface area (Å²) in [5.41, 5.74) is 14.9. The van der Waals surface area contributed by atoms with Crippen LogP contribution in [0.15, 0.2) is 78.3 Å². The first-order valence-electron chi connectivity index (χ1n) is 14.2. The van der Waals surface area contributed by atoms with Crippen molar-refractivity contribution in [2.45, 2.75) is 71.3 Å². The lowest BCUT2D eigenvalue weighted by Crippen LogP contribution is -2.41. The first kappa shape index (κ1) is 33.0. The Morgan fingerprint density at radius 2 is 1.47 bits per heavy atom. The molecule has 3 amide bonds. The Morgan fingerprint density at radius 1 is 0.814 bits per heavy atom. The molecule has 7 N–H and O–H groups in total. The van der Waals surface area contributed by atoms with Gasteiger partial charge in [-0.3, -0.25) is 14.4 Å². The lowest BCUT2D eigenvalue weighted by molar-refractivity contribution is -0.122. The van der Waals surface area contributed by atoms with Crippen molar-refractivity contribution in [1.29, 1.82) is 0 Å². The summed E-state index contributed by atoms with van der Waals surface area (Å²) in [6.45, 7) is 5.82. The molecule has 0 fully saturated rings. The first-order valence-corrected chi connectivity index (χ1v) is 15.0. The van der Waals surface area contributed by atoms with Gasteiger partial charge >= 0.3 is 0 Å². The molecule has 0 unspecified atom stereocenters. The van der Waals surface area contributed by atoms with Gasteiger partial charge in [-0.2, -0.15) is 0 Å². The normalized spacial score (nSPS) is 12.1. The number of nitrogens with zero attached hydrogens (tertiary/aromatic N) is 2. The number of benzene rings is 2. The van der Waals surface area contributed by atoms with Crippen molar-refractivity contribution >= 4 is 34.2 Å². The summed E-state index contributed by atoms with van der Waals surface area (Å²) in [7, 11) is 0. The number of carbonyl (C=O) groups excluding carboxylic acids is 3. The molecule has 228 valence electrons. The second-order valence-electron chi connectivity index (χ2n) is 11.3. The highest BCUT2D eigenvalue weighted by Gasteiger charge is 2.15. The minimum absolute atomic E-state index is 0.0594. The number of allylic oxidation sites excluding steroid dienone is 3. The van der Waals surface area contributed by atoms with E-state index in [4.69, 9.17) is 11.5 Å². The van der Waals surface area contributed by atoms with Crippen LogP contribution in [0, 0.1) is 0 Å². The number of carbonyl (C=O) groups is 3. The highest BCUT2D eigenvalue weighted by Crippen LogP contribution is 2.18. The minimum Gasteiger partial charge on any atom is -0.402 e. The van der Waals surface area contributed by atoms with Gasteiger partial charge in [-0.1, -0.05) is 65.9 Å². The van der Waals surface area contributed by atoms with Gasteiger partial charge in [-0.25, -0.2) is 0 Å². The molecule has 0 aliphatic carbocycles. The van der Waals surface area contributed by atoms with Gasteiger partial charge in [0.1, 0.15) is 10.8 Å². The van der Waals surface area contributed by atoms with Gasteiger partial charge in [0.2, 0.25) is 22.9 Å². The number of unbranched alkanes of at least 4 members (excludes halogenated alkanes) is 1. The number of rotatable bonds is 14. The molecule has 0 radical (unpaired) electrons. The Bertz CT molecular complexity index is 1440. The van der Waals surface area contributed by atoms with E-state index in [2.05, 4.69) is 26.1 Å². The molecule has 2 aromatic carbocycles. The molecule has 3 aromatic rings. The maximum atomic E-state index is 12.6. The molecule has 0 spiro atoms. The van der Waals surface area contributed by atoms with Gasteiger partial charge in [0.15, 0.2) is 0 Å². The molecule has 10 nitrogen and oxygen atoms in total. The van der Waals surface area contributed by atoms with Crippen molar-refractivity contribution in [3.8, 4) is 0 Å². The Hall–Kier alpha value is -4.51. The van der Waals surface area contributed by atoms with Crippen LogP contribution in [0.5, 0.6) is 0 Å². The van der Waals surface area contributed by atoms with Crippen molar-refractivity contribution in [3.05, 3.63) is 100.0 Å². The van der Waals surface area contributed by atoms with E-state index in [1.807, 2.05) is 75.4 Å². The van der Waals surface area contributed by atoms with Gasteiger partial charge < -0.3 is 27.4 Å². The molecule has 0 aliphatic rings. The number of anilines is 1. The van der Waals surface area contributed by atoms with Crippen LogP contribution in [0.2, 0.25) is 0 Å². The van der Waals surface area contributed by atoms with E-state index < -0.39 is 0 Å². The van der Waals surface area contributed by atoms with E-state index in [9.17, 15) is 14.4 Å². The van der Waals surface area contributed by atoms with Crippen molar-refractivity contribution in [3.63, 3.8) is 0 Å². The van der Waals surface area contributed by atoms with Crippen LogP contribution >= 0.6 is 11.3 Å². The summed E-state index contributed by atoms with van der Waals surface area (Å²) < 4.78 is 0. The molecule has 11 heteroatoms. The van der Waals surface area contributed by atoms with E-state index in [0.29, 0.717) is 23.7 Å². The lowest BCUT2D eigenvalue weighted by atomic mass is 10.0. The first-order chi connectivity index (χ1) is 20.4. The molecule has 3 rings (SSSR count). The topological polar surface area (TPSA) is 165 Å². The van der Waals surface area contributed by atoms with E-state index in [1.165, 1.54) is 11.3 Å². The largest absolute Gasteiger partial charge is 0.402 e. The minimum atomic E-state index is -0.295. The summed E-state index contributed by atoms with van der Waals surface area (Å²) >= 11 is 1.35. The van der Waals surface area contributed by atoms with E-state index in [1.54, 1.807) is 12.2 Å². The second-order valence-corrected chi connectivity index (χ2v) is 12.4. The number of amides is 3. The monoisotopic (exact) mass is 603 g/mol. The molecular formula is C32H41N7O3S. The summed E-state index contributed by atoms with van der Waals surface area (Å²) in [5.74, 6) is -0.203. The van der Waals surface area contributed by atoms with Crippen LogP contribution in [-0.2, 0) is 40.1 Å². The zero-order valence-electron chi connectivity index (χ0n) is 25.0. The third-order valence-corrected chi connectivity index (χ3v) is 6.92. The predicted molar refractivity (Wildman–Crippen MR) is 171 cm³/mol. The number of nitrogens with two attached hydrogens (primary N) is 2. The Labute approximate surface area is 257 Å². The SMILES string of the molecule is CC(C)(C)NC(=O)Cc1cccc(CC(=O)Nc2nnc(CCCC/C(N)=C/C=C(\N)NC(=O)Cc3ccccc3)s2)c1. The molecular weight excluding hydrogens is 562 g/mol. The fourth-order valence-corrected chi connectivity index (χ4v) is 4.96. The van der Waals surface area contributed by atoms with Crippen molar-refractivity contribution in [1.82, 2.24) is 20.8 Å². The van der Waals surface area contributed by atoms with Gasteiger partial charge in [0.25, 0.3) is 0 Å². The average Bonchev–Trinajstić information content (AvgIpc) is 3.36. The average molecular weight is 604 g/mol. The maximum Gasteiger partial charge on any atom is 0.230 e. The van der Waals surface area contributed by atoms with Crippen LogP contribution in [-0.4, -0.2) is 33.5 Å². The zero-order chi connectivity index (χ0) is 31.2. The summed E-state index contributed by atoms with van der Waals surface area (Å²) in [6, 6.07) is 16.9. The van der Waals surface area contributed by atoms with Crippen molar-refractivity contribution in [2.24, 2.45) is 11.5 Å². The van der Waals surface area contributed by atoms with Crippen LogP contribution in [0.3, 0.4) is 0 Å². The molecule has 1 aromatic heterocycles. The molecule has 0 atom stereocenters. The number of aromatic nitrogens is 2. The third kappa shape index (κ3) is 13.3. The van der Waals surface area contributed by atoms with Gasteiger partial charge in [0, 0.05) is 17.7 Å². The van der Waals surface area contributed by atoms with Crippen LogP contribution in [0.25, 0.3) is 0 Å². The molecule has 0 aliphatic heterocycles. The van der Waals surface area contributed by atoms with Gasteiger partial charge in [-0.15, -0.1) is 10.2 Å². The second kappa shape index (κ2) is 16.2. The highest BCUT2D eigenvalue weighted by molar-refractivity contribution is 7.15. The van der Waals surface area contributed by atoms with Crippen LogP contribution in [0.4, 0.5) is 5.13 Å². The summed E-state index contributed by atoms with van der Waals surface area (Å²) in [4.78, 5) is 36.9.